The summed E-state index contributed by atoms with van der Waals surface area (Å²) in [6, 6.07) is 1.71. The predicted molar refractivity (Wildman–Crippen MR) is 61.2 cm³/mol. The topological polar surface area (TPSA) is 40.5 Å². The Kier molecular flexibility index (Phi) is 2.76. The van der Waals surface area contributed by atoms with E-state index in [1.807, 2.05) is 0 Å². The van der Waals surface area contributed by atoms with Gasteiger partial charge in [0.05, 0.1) is 6.10 Å². The molecule has 2 saturated heterocycles. The van der Waals surface area contributed by atoms with Crippen molar-refractivity contribution >= 4 is 5.78 Å². The van der Waals surface area contributed by atoms with Crippen molar-refractivity contribution < 1.29 is 9.90 Å². The molecule has 1 N–H and O–H groups in total. The first kappa shape index (κ1) is 10.7. The first-order valence-corrected chi connectivity index (χ1v) is 6.71. The van der Waals surface area contributed by atoms with Crippen molar-refractivity contribution in [2.75, 3.05) is 0 Å². The van der Waals surface area contributed by atoms with Gasteiger partial charge in [-0.1, -0.05) is 0 Å². The van der Waals surface area contributed by atoms with Crippen molar-refractivity contribution in [2.45, 2.75) is 75.6 Å². The van der Waals surface area contributed by atoms with E-state index >= 15 is 0 Å². The molecule has 3 rings (SSSR count). The van der Waals surface area contributed by atoms with Gasteiger partial charge in [0.25, 0.3) is 0 Å². The Morgan fingerprint density at radius 1 is 0.875 bits per heavy atom. The highest BCUT2D eigenvalue weighted by Gasteiger charge is 2.43. The van der Waals surface area contributed by atoms with Crippen LogP contribution in [0.1, 0.15) is 51.4 Å². The summed E-state index contributed by atoms with van der Waals surface area (Å²) in [7, 11) is 0. The zero-order valence-electron chi connectivity index (χ0n) is 9.77. The highest BCUT2D eigenvalue weighted by atomic mass is 16.3. The van der Waals surface area contributed by atoms with Gasteiger partial charge in [0.1, 0.15) is 5.78 Å². The van der Waals surface area contributed by atoms with Gasteiger partial charge in [-0.05, 0) is 38.5 Å². The second-order valence-electron chi connectivity index (χ2n) is 5.74. The number of piperidine rings is 1. The maximum atomic E-state index is 11.5. The van der Waals surface area contributed by atoms with Crippen LogP contribution in [0.4, 0.5) is 0 Å². The van der Waals surface area contributed by atoms with E-state index < -0.39 is 0 Å². The molecule has 2 atom stereocenters. The van der Waals surface area contributed by atoms with E-state index in [2.05, 4.69) is 4.90 Å². The van der Waals surface area contributed by atoms with Crippen LogP contribution in [0.15, 0.2) is 0 Å². The molecule has 3 nitrogen and oxygen atoms in total. The summed E-state index contributed by atoms with van der Waals surface area (Å²) in [6.07, 6.45) is 8.10. The van der Waals surface area contributed by atoms with E-state index in [1.54, 1.807) is 0 Å². The van der Waals surface area contributed by atoms with E-state index in [4.69, 9.17) is 0 Å². The van der Waals surface area contributed by atoms with Crippen molar-refractivity contribution in [3.63, 3.8) is 0 Å². The Morgan fingerprint density at radius 3 is 1.94 bits per heavy atom. The number of fused-ring (bicyclic) bond motifs is 2. The van der Waals surface area contributed by atoms with Crippen molar-refractivity contribution in [2.24, 2.45) is 0 Å². The summed E-state index contributed by atoms with van der Waals surface area (Å²) in [5, 5.41) is 9.54. The molecule has 0 radical (unpaired) electrons. The van der Waals surface area contributed by atoms with Gasteiger partial charge in [0.15, 0.2) is 0 Å². The zero-order chi connectivity index (χ0) is 11.1. The lowest BCUT2D eigenvalue weighted by Gasteiger charge is -2.42. The summed E-state index contributed by atoms with van der Waals surface area (Å²) < 4.78 is 0. The Hall–Kier alpha value is -0.410. The number of carbonyl (C=O) groups excluding carboxylic acids is 1. The molecule has 0 aromatic heterocycles. The summed E-state index contributed by atoms with van der Waals surface area (Å²) in [5.74, 6) is 0.472. The molecule has 2 aliphatic heterocycles. The van der Waals surface area contributed by atoms with Crippen LogP contribution in [0.3, 0.4) is 0 Å². The molecule has 0 aromatic rings. The van der Waals surface area contributed by atoms with Gasteiger partial charge in [-0.2, -0.15) is 0 Å². The standard InChI is InChI=1S/C13H21NO2/c15-12-5-3-9(4-6-12)14-10-1-2-11(14)8-13(16)7-10/h9-12,15H,1-8H2. The number of nitrogens with zero attached hydrogens (tertiary/aromatic N) is 1. The van der Waals surface area contributed by atoms with Crippen LogP contribution in [0.5, 0.6) is 0 Å². The van der Waals surface area contributed by atoms with Crippen molar-refractivity contribution in [1.29, 1.82) is 0 Å². The summed E-state index contributed by atoms with van der Waals surface area (Å²) in [6.45, 7) is 0. The Balaban J connectivity index is 1.69. The molecule has 1 saturated carbocycles. The molecule has 3 aliphatic rings. The van der Waals surface area contributed by atoms with E-state index in [9.17, 15) is 9.90 Å². The molecule has 2 unspecified atom stereocenters. The molecule has 2 heterocycles. The second kappa shape index (κ2) is 4.11. The largest absolute Gasteiger partial charge is 0.393 e. The highest BCUT2D eigenvalue weighted by Crippen LogP contribution is 2.39. The van der Waals surface area contributed by atoms with Gasteiger partial charge in [-0.15, -0.1) is 0 Å². The summed E-state index contributed by atoms with van der Waals surface area (Å²) in [4.78, 5) is 14.2. The second-order valence-corrected chi connectivity index (χ2v) is 5.74. The first-order chi connectivity index (χ1) is 7.74. The van der Waals surface area contributed by atoms with Gasteiger partial charge in [0, 0.05) is 31.0 Å². The predicted octanol–water partition coefficient (Wildman–Crippen LogP) is 1.49. The fraction of sp³-hybridized carbons (Fsp3) is 0.923. The lowest BCUT2D eigenvalue weighted by Crippen LogP contribution is -2.50. The van der Waals surface area contributed by atoms with Crippen LogP contribution in [0, 0.1) is 0 Å². The van der Waals surface area contributed by atoms with Crippen LogP contribution >= 0.6 is 0 Å². The van der Waals surface area contributed by atoms with Crippen LogP contribution in [-0.2, 0) is 4.79 Å². The molecule has 3 fully saturated rings. The smallest absolute Gasteiger partial charge is 0.136 e. The fourth-order valence-electron chi connectivity index (χ4n) is 3.96. The van der Waals surface area contributed by atoms with Gasteiger partial charge in [-0.25, -0.2) is 0 Å². The Bertz CT molecular complexity index is 268. The van der Waals surface area contributed by atoms with Crippen LogP contribution in [0.25, 0.3) is 0 Å². The molecule has 0 spiro atoms. The number of rotatable bonds is 1. The number of aliphatic hydroxyl groups is 1. The third kappa shape index (κ3) is 1.80. The quantitative estimate of drug-likeness (QED) is 0.732. The van der Waals surface area contributed by atoms with E-state index in [-0.39, 0.29) is 6.10 Å². The fourth-order valence-corrected chi connectivity index (χ4v) is 3.96. The van der Waals surface area contributed by atoms with E-state index in [1.165, 1.54) is 12.8 Å². The molecule has 2 bridgehead atoms. The highest BCUT2D eigenvalue weighted by molar-refractivity contribution is 5.81. The molecule has 0 amide bonds. The Labute approximate surface area is 96.8 Å². The summed E-state index contributed by atoms with van der Waals surface area (Å²) in [5.41, 5.74) is 0. The molecular weight excluding hydrogens is 202 g/mol. The lowest BCUT2D eigenvalue weighted by molar-refractivity contribution is -0.124. The summed E-state index contributed by atoms with van der Waals surface area (Å²) >= 11 is 0. The van der Waals surface area contributed by atoms with E-state index in [0.29, 0.717) is 23.9 Å². The number of carbonyl (C=O) groups is 1. The van der Waals surface area contributed by atoms with Crippen LogP contribution in [-0.4, -0.2) is 40.0 Å². The van der Waals surface area contributed by atoms with Crippen molar-refractivity contribution in [1.82, 2.24) is 4.90 Å². The third-order valence-electron chi connectivity index (χ3n) is 4.69. The van der Waals surface area contributed by atoms with E-state index in [0.717, 1.165) is 38.5 Å². The van der Waals surface area contributed by atoms with Crippen LogP contribution in [0.2, 0.25) is 0 Å². The van der Waals surface area contributed by atoms with Crippen molar-refractivity contribution in [3.8, 4) is 0 Å². The number of hydrogen-bond donors (Lipinski definition) is 1. The Morgan fingerprint density at radius 2 is 1.38 bits per heavy atom. The minimum absolute atomic E-state index is 0.0691. The van der Waals surface area contributed by atoms with Gasteiger partial charge < -0.3 is 5.11 Å². The minimum Gasteiger partial charge on any atom is -0.393 e. The normalized spacial score (nSPS) is 44.9. The minimum atomic E-state index is -0.0691. The third-order valence-corrected chi connectivity index (χ3v) is 4.69. The van der Waals surface area contributed by atoms with Gasteiger partial charge in [-0.3, -0.25) is 9.69 Å². The maximum Gasteiger partial charge on any atom is 0.136 e. The van der Waals surface area contributed by atoms with Gasteiger partial charge >= 0.3 is 0 Å². The number of hydrogen-bond acceptors (Lipinski definition) is 3. The molecule has 16 heavy (non-hydrogen) atoms. The SMILES string of the molecule is O=C1CC2CCC(C1)N2C1CCC(O)CC1. The first-order valence-electron chi connectivity index (χ1n) is 6.71. The molecular formula is C13H21NO2. The molecule has 3 heteroatoms. The lowest BCUT2D eigenvalue weighted by atomic mass is 9.88. The number of Topliss-reactive ketones (excluding diaryl/α,β-unsaturated/α-hetero) is 1. The molecule has 0 aromatic carbocycles. The van der Waals surface area contributed by atoms with Crippen LogP contribution < -0.4 is 0 Å². The number of aliphatic hydroxyl groups excluding tert-OH is 1. The average molecular weight is 223 g/mol. The van der Waals surface area contributed by atoms with Crippen molar-refractivity contribution in [3.05, 3.63) is 0 Å². The zero-order valence-corrected chi connectivity index (χ0v) is 9.77. The monoisotopic (exact) mass is 223 g/mol. The van der Waals surface area contributed by atoms with Gasteiger partial charge in [0.2, 0.25) is 0 Å². The molecule has 1 aliphatic carbocycles. The molecule has 90 valence electrons. The number of ketones is 1. The maximum absolute atomic E-state index is 11.5. The average Bonchev–Trinajstić information content (AvgIpc) is 2.54.